The van der Waals surface area contributed by atoms with Crippen LogP contribution < -0.4 is 10.2 Å². The Balaban J connectivity index is 1.57. The van der Waals surface area contributed by atoms with Crippen LogP contribution in [0.2, 0.25) is 0 Å². The Morgan fingerprint density at radius 3 is 2.72 bits per heavy atom. The molecule has 152 valence electrons. The minimum atomic E-state index is -0.404. The maximum absolute atomic E-state index is 14.5. The first kappa shape index (κ1) is 20.0. The first-order valence-corrected chi connectivity index (χ1v) is 11.2. The van der Waals surface area contributed by atoms with Crippen molar-refractivity contribution in [2.24, 2.45) is 5.92 Å². The standard InChI is InChI=1S/C23H25FN2O2S/c1-15-10-11-19(24)20(12-15)26-21(27)14-29-23(26)17-8-5-9-18(13-17)25-22(28)16-6-3-2-4-7-16/h5,8-13,16,23H,2-4,6-7,14H2,1H3,(H,25,28)/t23-/m1/s1. The fourth-order valence-electron chi connectivity index (χ4n) is 4.12. The van der Waals surface area contributed by atoms with Crippen LogP contribution in [0.25, 0.3) is 0 Å². The predicted octanol–water partition coefficient (Wildman–Crippen LogP) is 5.43. The first-order valence-electron chi connectivity index (χ1n) is 10.1. The summed E-state index contributed by atoms with van der Waals surface area (Å²) in [4.78, 5) is 26.7. The smallest absolute Gasteiger partial charge is 0.238 e. The lowest BCUT2D eigenvalue weighted by Gasteiger charge is -2.26. The fourth-order valence-corrected chi connectivity index (χ4v) is 5.28. The topological polar surface area (TPSA) is 49.4 Å². The van der Waals surface area contributed by atoms with Crippen molar-refractivity contribution in [1.29, 1.82) is 0 Å². The van der Waals surface area contributed by atoms with Crippen molar-refractivity contribution < 1.29 is 14.0 Å². The summed E-state index contributed by atoms with van der Waals surface area (Å²) < 4.78 is 14.5. The Labute approximate surface area is 174 Å². The monoisotopic (exact) mass is 412 g/mol. The number of hydrogen-bond donors (Lipinski definition) is 1. The van der Waals surface area contributed by atoms with Gasteiger partial charge in [0.2, 0.25) is 11.8 Å². The quantitative estimate of drug-likeness (QED) is 0.728. The molecule has 0 unspecified atom stereocenters. The summed E-state index contributed by atoms with van der Waals surface area (Å²) in [6, 6.07) is 12.4. The molecule has 2 fully saturated rings. The summed E-state index contributed by atoms with van der Waals surface area (Å²) in [6.07, 6.45) is 5.31. The van der Waals surface area contributed by atoms with Gasteiger partial charge < -0.3 is 5.32 Å². The molecule has 2 aromatic rings. The van der Waals surface area contributed by atoms with Crippen LogP contribution in [0.15, 0.2) is 42.5 Å². The number of nitrogens with one attached hydrogen (secondary N) is 1. The van der Waals surface area contributed by atoms with Gasteiger partial charge in [-0.25, -0.2) is 4.39 Å². The van der Waals surface area contributed by atoms with Gasteiger partial charge in [0.1, 0.15) is 11.2 Å². The van der Waals surface area contributed by atoms with Gasteiger partial charge in [0, 0.05) is 11.6 Å². The van der Waals surface area contributed by atoms with Crippen LogP contribution in [0.3, 0.4) is 0 Å². The lowest BCUT2D eigenvalue weighted by atomic mass is 9.88. The van der Waals surface area contributed by atoms with E-state index in [0.717, 1.165) is 42.5 Å². The van der Waals surface area contributed by atoms with E-state index >= 15 is 0 Å². The highest BCUT2D eigenvalue weighted by Crippen LogP contribution is 2.43. The van der Waals surface area contributed by atoms with Gasteiger partial charge in [-0.3, -0.25) is 14.5 Å². The van der Waals surface area contributed by atoms with E-state index in [1.807, 2.05) is 31.2 Å². The van der Waals surface area contributed by atoms with Crippen LogP contribution in [0.4, 0.5) is 15.8 Å². The van der Waals surface area contributed by atoms with Crippen molar-refractivity contribution in [3.8, 4) is 0 Å². The van der Waals surface area contributed by atoms with E-state index in [1.54, 1.807) is 12.1 Å². The van der Waals surface area contributed by atoms with Gasteiger partial charge in [0.25, 0.3) is 0 Å². The largest absolute Gasteiger partial charge is 0.326 e. The lowest BCUT2D eigenvalue weighted by molar-refractivity contribution is -0.120. The molecule has 1 saturated carbocycles. The molecular formula is C23H25FN2O2S. The molecule has 0 aromatic heterocycles. The molecule has 1 saturated heterocycles. The SMILES string of the molecule is Cc1ccc(F)c(N2C(=O)CS[C@@H]2c2cccc(NC(=O)C3CCCCC3)c2)c1. The highest BCUT2D eigenvalue weighted by molar-refractivity contribution is 8.00. The molecular weight excluding hydrogens is 387 g/mol. The molecule has 1 aliphatic heterocycles. The zero-order chi connectivity index (χ0) is 20.4. The third kappa shape index (κ3) is 4.32. The molecule has 29 heavy (non-hydrogen) atoms. The van der Waals surface area contributed by atoms with Crippen molar-refractivity contribution in [2.75, 3.05) is 16.0 Å². The summed E-state index contributed by atoms with van der Waals surface area (Å²) >= 11 is 1.47. The minimum Gasteiger partial charge on any atom is -0.326 e. The van der Waals surface area contributed by atoms with Gasteiger partial charge >= 0.3 is 0 Å². The molecule has 2 aliphatic rings. The van der Waals surface area contributed by atoms with E-state index in [-0.39, 0.29) is 23.1 Å². The van der Waals surface area contributed by atoms with E-state index in [9.17, 15) is 14.0 Å². The van der Waals surface area contributed by atoms with Crippen molar-refractivity contribution in [2.45, 2.75) is 44.4 Å². The van der Waals surface area contributed by atoms with Crippen LogP contribution in [-0.4, -0.2) is 17.6 Å². The zero-order valence-electron chi connectivity index (χ0n) is 16.5. The predicted molar refractivity (Wildman–Crippen MR) is 115 cm³/mol. The zero-order valence-corrected chi connectivity index (χ0v) is 17.3. The Kier molecular flexibility index (Phi) is 5.90. The number of aryl methyl sites for hydroxylation is 1. The maximum Gasteiger partial charge on any atom is 0.238 e. The van der Waals surface area contributed by atoms with Crippen LogP contribution in [0.5, 0.6) is 0 Å². The number of hydrogen-bond acceptors (Lipinski definition) is 3. The minimum absolute atomic E-state index is 0.0681. The molecule has 0 bridgehead atoms. The van der Waals surface area contributed by atoms with E-state index < -0.39 is 5.82 Å². The van der Waals surface area contributed by atoms with Gasteiger partial charge in [-0.1, -0.05) is 37.5 Å². The number of halogens is 1. The molecule has 0 spiro atoms. The molecule has 1 aliphatic carbocycles. The number of thioether (sulfide) groups is 1. The molecule has 4 nitrogen and oxygen atoms in total. The fraction of sp³-hybridized carbons (Fsp3) is 0.391. The maximum atomic E-state index is 14.5. The van der Waals surface area contributed by atoms with Crippen molar-refractivity contribution in [3.63, 3.8) is 0 Å². The number of anilines is 2. The average Bonchev–Trinajstić information content (AvgIpc) is 3.12. The summed E-state index contributed by atoms with van der Waals surface area (Å²) in [7, 11) is 0. The summed E-state index contributed by atoms with van der Waals surface area (Å²) in [6.45, 7) is 1.88. The van der Waals surface area contributed by atoms with E-state index in [1.165, 1.54) is 29.1 Å². The van der Waals surface area contributed by atoms with Gasteiger partial charge in [-0.2, -0.15) is 0 Å². The highest BCUT2D eigenvalue weighted by Gasteiger charge is 2.35. The number of rotatable bonds is 4. The normalized spacial score (nSPS) is 20.1. The van der Waals surface area contributed by atoms with Crippen molar-refractivity contribution in [3.05, 3.63) is 59.4 Å². The number of carbonyl (C=O) groups excluding carboxylic acids is 2. The van der Waals surface area contributed by atoms with E-state index in [4.69, 9.17) is 0 Å². The number of amides is 2. The Morgan fingerprint density at radius 2 is 1.93 bits per heavy atom. The second-order valence-electron chi connectivity index (χ2n) is 7.83. The molecule has 4 rings (SSSR count). The molecule has 1 N–H and O–H groups in total. The average molecular weight is 413 g/mol. The third-order valence-corrected chi connectivity index (χ3v) is 6.86. The Hall–Kier alpha value is -2.34. The van der Waals surface area contributed by atoms with Gasteiger partial charge in [-0.15, -0.1) is 11.8 Å². The van der Waals surface area contributed by atoms with Crippen LogP contribution in [0, 0.1) is 18.7 Å². The molecule has 1 heterocycles. The van der Waals surface area contributed by atoms with Gasteiger partial charge in [0.15, 0.2) is 0 Å². The van der Waals surface area contributed by atoms with Gasteiger partial charge in [-0.05, 0) is 55.2 Å². The molecule has 2 aromatic carbocycles. The lowest BCUT2D eigenvalue weighted by Crippen LogP contribution is -2.29. The second kappa shape index (κ2) is 8.57. The number of nitrogens with zero attached hydrogens (tertiary/aromatic N) is 1. The first-order chi connectivity index (χ1) is 14.0. The van der Waals surface area contributed by atoms with Crippen LogP contribution >= 0.6 is 11.8 Å². The summed E-state index contributed by atoms with van der Waals surface area (Å²) in [5.41, 5.74) is 2.81. The van der Waals surface area contributed by atoms with Gasteiger partial charge in [0.05, 0.1) is 11.4 Å². The van der Waals surface area contributed by atoms with Crippen LogP contribution in [0.1, 0.15) is 48.6 Å². The Bertz CT molecular complexity index is 927. The third-order valence-electron chi connectivity index (χ3n) is 5.64. The van der Waals surface area contributed by atoms with Crippen molar-refractivity contribution >= 4 is 35.0 Å². The molecule has 6 heteroatoms. The van der Waals surface area contributed by atoms with E-state index in [2.05, 4.69) is 5.32 Å². The Morgan fingerprint density at radius 1 is 1.14 bits per heavy atom. The van der Waals surface area contributed by atoms with Crippen LogP contribution in [-0.2, 0) is 9.59 Å². The number of benzene rings is 2. The van der Waals surface area contributed by atoms with Crippen molar-refractivity contribution in [1.82, 2.24) is 0 Å². The number of carbonyl (C=O) groups is 2. The summed E-state index contributed by atoms with van der Waals surface area (Å²) in [5, 5.41) is 2.72. The highest BCUT2D eigenvalue weighted by atomic mass is 32.2. The molecule has 0 radical (unpaired) electrons. The molecule has 2 amide bonds. The van der Waals surface area contributed by atoms with E-state index in [0.29, 0.717) is 11.4 Å². The summed E-state index contributed by atoms with van der Waals surface area (Å²) in [5.74, 6) is -0.0675. The molecule has 1 atom stereocenters. The second-order valence-corrected chi connectivity index (χ2v) is 8.90.